The Bertz CT molecular complexity index is 1220. The van der Waals surface area contributed by atoms with Gasteiger partial charge in [0.2, 0.25) is 5.91 Å². The molecule has 2 heterocycles. The van der Waals surface area contributed by atoms with Crippen LogP contribution in [-0.2, 0) is 17.8 Å². The van der Waals surface area contributed by atoms with Gasteiger partial charge in [0.05, 0.1) is 12.8 Å². The minimum Gasteiger partial charge on any atom is -0.493 e. The van der Waals surface area contributed by atoms with Crippen molar-refractivity contribution in [2.75, 3.05) is 12.4 Å². The lowest BCUT2D eigenvalue weighted by Gasteiger charge is -2.12. The number of halogens is 2. The van der Waals surface area contributed by atoms with E-state index in [-0.39, 0.29) is 30.9 Å². The van der Waals surface area contributed by atoms with Crippen LogP contribution in [0, 0.1) is 11.6 Å². The smallest absolute Gasteiger partial charge is 0.224 e. The first-order valence-corrected chi connectivity index (χ1v) is 9.99. The van der Waals surface area contributed by atoms with Crippen molar-refractivity contribution in [1.29, 1.82) is 0 Å². The van der Waals surface area contributed by atoms with Crippen molar-refractivity contribution in [2.24, 2.45) is 0 Å². The second kappa shape index (κ2) is 9.47. The molecule has 6 nitrogen and oxygen atoms in total. The number of hydrogen-bond donors (Lipinski definition) is 1. The van der Waals surface area contributed by atoms with Crippen LogP contribution in [0.2, 0.25) is 0 Å². The lowest BCUT2D eigenvalue weighted by molar-refractivity contribution is -0.116. The standard InChI is InChI=1S/C24H21F2N3O3/c1-31-21-9-7-18(28-24(30)10-5-16-12-17(25)6-8-20(16)26)13-22(21)32-15-19-14-29-11-3-2-4-23(29)27-19/h2-4,6-9,11-14H,5,10,15H2,1H3,(H,28,30). The van der Waals surface area contributed by atoms with Gasteiger partial charge in [-0.1, -0.05) is 6.07 Å². The van der Waals surface area contributed by atoms with Gasteiger partial charge in [0.15, 0.2) is 11.5 Å². The zero-order valence-corrected chi connectivity index (χ0v) is 17.3. The van der Waals surface area contributed by atoms with Crippen molar-refractivity contribution in [1.82, 2.24) is 9.38 Å². The molecule has 2 aromatic heterocycles. The van der Waals surface area contributed by atoms with E-state index in [1.54, 1.807) is 18.2 Å². The molecule has 0 aliphatic rings. The van der Waals surface area contributed by atoms with Crippen molar-refractivity contribution in [3.05, 3.63) is 89.9 Å². The van der Waals surface area contributed by atoms with Gasteiger partial charge < -0.3 is 19.2 Å². The van der Waals surface area contributed by atoms with Crippen molar-refractivity contribution < 1.29 is 23.0 Å². The molecule has 0 saturated heterocycles. The third-order valence-corrected chi connectivity index (χ3v) is 4.87. The van der Waals surface area contributed by atoms with Gasteiger partial charge in [0.25, 0.3) is 0 Å². The average Bonchev–Trinajstić information content (AvgIpc) is 3.21. The van der Waals surface area contributed by atoms with E-state index in [0.717, 1.165) is 29.5 Å². The topological polar surface area (TPSA) is 64.9 Å². The lowest BCUT2D eigenvalue weighted by Crippen LogP contribution is -2.13. The molecule has 32 heavy (non-hydrogen) atoms. The SMILES string of the molecule is COc1ccc(NC(=O)CCc2cc(F)ccc2F)cc1OCc1cn2ccccc2n1. The third-order valence-electron chi connectivity index (χ3n) is 4.87. The molecule has 2 aromatic carbocycles. The quantitative estimate of drug-likeness (QED) is 0.431. The summed E-state index contributed by atoms with van der Waals surface area (Å²) in [6.07, 6.45) is 3.86. The van der Waals surface area contributed by atoms with E-state index in [4.69, 9.17) is 9.47 Å². The van der Waals surface area contributed by atoms with Gasteiger partial charge in [-0.3, -0.25) is 4.79 Å². The number of rotatable bonds is 8. The number of carbonyl (C=O) groups is 1. The zero-order valence-electron chi connectivity index (χ0n) is 17.3. The molecule has 0 radical (unpaired) electrons. The minimum absolute atomic E-state index is 0.00381. The van der Waals surface area contributed by atoms with Gasteiger partial charge in [-0.15, -0.1) is 0 Å². The summed E-state index contributed by atoms with van der Waals surface area (Å²) in [6.45, 7) is 0.217. The molecule has 4 rings (SSSR count). The number of nitrogens with one attached hydrogen (secondary N) is 1. The van der Waals surface area contributed by atoms with Crippen LogP contribution >= 0.6 is 0 Å². The zero-order chi connectivity index (χ0) is 22.5. The van der Waals surface area contributed by atoms with Crippen LogP contribution in [0.3, 0.4) is 0 Å². The van der Waals surface area contributed by atoms with Crippen molar-refractivity contribution >= 4 is 17.2 Å². The highest BCUT2D eigenvalue weighted by atomic mass is 19.1. The Morgan fingerprint density at radius 3 is 2.78 bits per heavy atom. The van der Waals surface area contributed by atoms with E-state index in [2.05, 4.69) is 10.3 Å². The number of anilines is 1. The third kappa shape index (κ3) is 5.03. The minimum atomic E-state index is -0.538. The second-order valence-electron chi connectivity index (χ2n) is 7.14. The number of carbonyl (C=O) groups excluding carboxylic acids is 1. The lowest BCUT2D eigenvalue weighted by atomic mass is 10.1. The Morgan fingerprint density at radius 1 is 1.09 bits per heavy atom. The van der Waals surface area contributed by atoms with Crippen molar-refractivity contribution in [2.45, 2.75) is 19.4 Å². The van der Waals surface area contributed by atoms with Gasteiger partial charge in [-0.2, -0.15) is 0 Å². The predicted octanol–water partition coefficient (Wildman–Crippen LogP) is 4.77. The molecule has 0 atom stereocenters. The van der Waals surface area contributed by atoms with E-state index in [9.17, 15) is 13.6 Å². The summed E-state index contributed by atoms with van der Waals surface area (Å²) in [6, 6.07) is 13.9. The average molecular weight is 437 g/mol. The first-order valence-electron chi connectivity index (χ1n) is 9.99. The molecule has 0 unspecified atom stereocenters. The van der Waals surface area contributed by atoms with E-state index in [1.807, 2.05) is 35.0 Å². The van der Waals surface area contributed by atoms with Gasteiger partial charge in [0.1, 0.15) is 23.9 Å². The molecule has 4 aromatic rings. The molecule has 0 saturated carbocycles. The molecular weight excluding hydrogens is 416 g/mol. The predicted molar refractivity (Wildman–Crippen MR) is 116 cm³/mol. The highest BCUT2D eigenvalue weighted by molar-refractivity contribution is 5.91. The van der Waals surface area contributed by atoms with Crippen LogP contribution in [0.1, 0.15) is 17.7 Å². The van der Waals surface area contributed by atoms with E-state index in [1.165, 1.54) is 7.11 Å². The highest BCUT2D eigenvalue weighted by Crippen LogP contribution is 2.31. The van der Waals surface area contributed by atoms with Crippen LogP contribution < -0.4 is 14.8 Å². The molecule has 0 aliphatic carbocycles. The molecular formula is C24H21F2N3O3. The Hall–Kier alpha value is -3.94. The summed E-state index contributed by atoms with van der Waals surface area (Å²) in [7, 11) is 1.53. The fraction of sp³-hybridized carbons (Fsp3) is 0.167. The maximum Gasteiger partial charge on any atom is 0.224 e. The summed E-state index contributed by atoms with van der Waals surface area (Å²) in [5, 5.41) is 2.75. The Labute approximate surface area is 183 Å². The van der Waals surface area contributed by atoms with Gasteiger partial charge in [-0.05, 0) is 54.4 Å². The number of methoxy groups -OCH3 is 1. The van der Waals surface area contributed by atoms with Crippen LogP contribution in [0.5, 0.6) is 11.5 Å². The van der Waals surface area contributed by atoms with Gasteiger partial charge >= 0.3 is 0 Å². The second-order valence-corrected chi connectivity index (χ2v) is 7.14. The summed E-state index contributed by atoms with van der Waals surface area (Å²) >= 11 is 0. The molecule has 0 spiro atoms. The number of aromatic nitrogens is 2. The van der Waals surface area contributed by atoms with Crippen LogP contribution in [-0.4, -0.2) is 22.4 Å². The number of benzene rings is 2. The number of amides is 1. The number of ether oxygens (including phenoxy) is 2. The first kappa shape index (κ1) is 21.3. The summed E-state index contributed by atoms with van der Waals surface area (Å²) in [5.74, 6) is -0.451. The number of pyridine rings is 1. The number of fused-ring (bicyclic) bond motifs is 1. The molecule has 1 amide bonds. The number of hydrogen-bond acceptors (Lipinski definition) is 4. The molecule has 0 fully saturated rings. The van der Waals surface area contributed by atoms with Crippen LogP contribution in [0.15, 0.2) is 67.0 Å². The fourth-order valence-corrected chi connectivity index (χ4v) is 3.28. The summed E-state index contributed by atoms with van der Waals surface area (Å²) in [5.41, 5.74) is 2.21. The van der Waals surface area contributed by atoms with E-state index in [0.29, 0.717) is 17.2 Å². The van der Waals surface area contributed by atoms with Gasteiger partial charge in [0, 0.05) is 30.6 Å². The van der Waals surface area contributed by atoms with E-state index < -0.39 is 11.6 Å². The monoisotopic (exact) mass is 437 g/mol. The Balaban J connectivity index is 1.40. The Kier molecular flexibility index (Phi) is 6.30. The highest BCUT2D eigenvalue weighted by Gasteiger charge is 2.11. The summed E-state index contributed by atoms with van der Waals surface area (Å²) in [4.78, 5) is 16.8. The fourth-order valence-electron chi connectivity index (χ4n) is 3.28. The number of nitrogens with zero attached hydrogens (tertiary/aromatic N) is 2. The maximum absolute atomic E-state index is 13.7. The largest absolute Gasteiger partial charge is 0.493 e. The molecule has 8 heteroatoms. The number of imidazole rings is 1. The van der Waals surface area contributed by atoms with Crippen molar-refractivity contribution in [3.63, 3.8) is 0 Å². The molecule has 0 aliphatic heterocycles. The molecule has 0 bridgehead atoms. The van der Waals surface area contributed by atoms with Crippen LogP contribution in [0.25, 0.3) is 5.65 Å². The first-order chi connectivity index (χ1) is 15.5. The Morgan fingerprint density at radius 2 is 1.97 bits per heavy atom. The molecule has 164 valence electrons. The number of aryl methyl sites for hydroxylation is 1. The maximum atomic E-state index is 13.7. The molecule has 1 N–H and O–H groups in total. The van der Waals surface area contributed by atoms with E-state index >= 15 is 0 Å². The van der Waals surface area contributed by atoms with Crippen molar-refractivity contribution in [3.8, 4) is 11.5 Å². The van der Waals surface area contributed by atoms with Crippen LogP contribution in [0.4, 0.5) is 14.5 Å². The van der Waals surface area contributed by atoms with Gasteiger partial charge in [-0.25, -0.2) is 13.8 Å². The summed E-state index contributed by atoms with van der Waals surface area (Å²) < 4.78 is 40.2. The normalized spacial score (nSPS) is 10.8.